The highest BCUT2D eigenvalue weighted by atomic mass is 15.3. The van der Waals surface area contributed by atoms with Gasteiger partial charge >= 0.3 is 0 Å². The molecule has 0 aromatic carbocycles. The number of hydrogen-bond acceptors (Lipinski definition) is 6. The van der Waals surface area contributed by atoms with Gasteiger partial charge in [-0.2, -0.15) is 10.1 Å². The lowest BCUT2D eigenvalue weighted by atomic mass is 10.1. The van der Waals surface area contributed by atoms with E-state index in [2.05, 4.69) is 30.4 Å². The van der Waals surface area contributed by atoms with E-state index >= 15 is 0 Å². The van der Waals surface area contributed by atoms with Crippen molar-refractivity contribution in [3.8, 4) is 11.3 Å². The average molecular weight is 259 g/mol. The molecule has 7 heteroatoms. The lowest BCUT2D eigenvalue weighted by Crippen LogP contribution is -2.57. The van der Waals surface area contributed by atoms with Crippen LogP contribution in [0.1, 0.15) is 5.69 Å². The van der Waals surface area contributed by atoms with E-state index < -0.39 is 0 Å². The Bertz CT molecular complexity index is 586. The van der Waals surface area contributed by atoms with Crippen LogP contribution in [0.2, 0.25) is 0 Å². The second kappa shape index (κ2) is 4.51. The van der Waals surface area contributed by atoms with Crippen molar-refractivity contribution in [1.29, 1.82) is 0 Å². The molecule has 1 fully saturated rings. The quantitative estimate of drug-likeness (QED) is 0.727. The summed E-state index contributed by atoms with van der Waals surface area (Å²) in [5, 5.41) is 10.2. The van der Waals surface area contributed by atoms with Gasteiger partial charge in [0.05, 0.1) is 11.9 Å². The smallest absolute Gasteiger partial charge is 0.222 e. The maximum atomic E-state index is 5.80. The van der Waals surface area contributed by atoms with Gasteiger partial charge in [-0.1, -0.05) is 0 Å². The third kappa shape index (κ3) is 2.12. The Kier molecular flexibility index (Phi) is 2.83. The third-order valence-electron chi connectivity index (χ3n) is 3.45. The molecule has 1 aliphatic rings. The summed E-state index contributed by atoms with van der Waals surface area (Å²) in [7, 11) is 1.97. The molecule has 0 unspecified atom stereocenters. The normalized spacial score (nSPS) is 15.6. The molecule has 0 bridgehead atoms. The van der Waals surface area contributed by atoms with Crippen LogP contribution in [0.3, 0.4) is 0 Å². The third-order valence-corrected chi connectivity index (χ3v) is 3.45. The summed E-state index contributed by atoms with van der Waals surface area (Å²) in [5.74, 6) is 1.16. The lowest BCUT2D eigenvalue weighted by molar-refractivity contribution is 0.447. The average Bonchev–Trinajstić information content (AvgIpc) is 2.73. The highest BCUT2D eigenvalue weighted by molar-refractivity contribution is 5.66. The van der Waals surface area contributed by atoms with Crippen molar-refractivity contribution in [2.75, 3.05) is 30.8 Å². The first-order valence-corrected chi connectivity index (χ1v) is 6.24. The van der Waals surface area contributed by atoms with E-state index in [1.54, 1.807) is 6.20 Å². The van der Waals surface area contributed by atoms with Gasteiger partial charge in [0, 0.05) is 36.5 Å². The number of nitrogens with one attached hydrogen (secondary N) is 2. The fraction of sp³-hybridized carbons (Fsp3) is 0.417. The van der Waals surface area contributed by atoms with Crippen LogP contribution in [0.4, 0.5) is 11.8 Å². The van der Waals surface area contributed by atoms with Gasteiger partial charge in [-0.3, -0.25) is 5.10 Å². The summed E-state index contributed by atoms with van der Waals surface area (Å²) < 4.78 is 0. The molecular formula is C12H17N7. The first-order valence-electron chi connectivity index (χ1n) is 6.24. The highest BCUT2D eigenvalue weighted by Gasteiger charge is 2.27. The van der Waals surface area contributed by atoms with Gasteiger partial charge < -0.3 is 16.0 Å². The van der Waals surface area contributed by atoms with Crippen LogP contribution in [0.25, 0.3) is 11.3 Å². The fourth-order valence-electron chi connectivity index (χ4n) is 2.21. The van der Waals surface area contributed by atoms with E-state index in [1.807, 2.05) is 20.0 Å². The van der Waals surface area contributed by atoms with Gasteiger partial charge in [0.25, 0.3) is 0 Å². The Hall–Kier alpha value is -2.15. The Morgan fingerprint density at radius 3 is 2.84 bits per heavy atom. The van der Waals surface area contributed by atoms with Gasteiger partial charge in [-0.15, -0.1) is 0 Å². The number of likely N-dealkylation sites (N-methyl/N-ethyl adjacent to an activating group) is 1. The summed E-state index contributed by atoms with van der Waals surface area (Å²) in [6.45, 7) is 3.84. The molecular weight excluding hydrogens is 242 g/mol. The van der Waals surface area contributed by atoms with Gasteiger partial charge in [0.15, 0.2) is 0 Å². The number of H-pyrrole nitrogens is 1. The molecule has 100 valence electrons. The molecule has 3 rings (SSSR count). The summed E-state index contributed by atoms with van der Waals surface area (Å²) in [4.78, 5) is 10.8. The van der Waals surface area contributed by atoms with Crippen LogP contribution in [-0.4, -0.2) is 46.3 Å². The van der Waals surface area contributed by atoms with Crippen molar-refractivity contribution in [3.63, 3.8) is 0 Å². The monoisotopic (exact) mass is 259 g/mol. The number of aryl methyl sites for hydroxylation is 1. The van der Waals surface area contributed by atoms with Crippen LogP contribution in [0.5, 0.6) is 0 Å². The summed E-state index contributed by atoms with van der Waals surface area (Å²) >= 11 is 0. The van der Waals surface area contributed by atoms with Crippen molar-refractivity contribution in [2.24, 2.45) is 0 Å². The van der Waals surface area contributed by atoms with Crippen LogP contribution >= 0.6 is 0 Å². The summed E-state index contributed by atoms with van der Waals surface area (Å²) in [6.07, 6.45) is 1.76. The van der Waals surface area contributed by atoms with Crippen molar-refractivity contribution in [1.82, 2.24) is 25.5 Å². The molecule has 2 aromatic heterocycles. The Morgan fingerprint density at radius 1 is 1.42 bits per heavy atom. The molecule has 4 N–H and O–H groups in total. The van der Waals surface area contributed by atoms with E-state index in [0.29, 0.717) is 12.0 Å². The number of anilines is 2. The van der Waals surface area contributed by atoms with Gasteiger partial charge in [0.2, 0.25) is 5.95 Å². The molecule has 0 spiro atoms. The molecule has 1 aliphatic heterocycles. The fourth-order valence-corrected chi connectivity index (χ4v) is 2.21. The second-order valence-corrected chi connectivity index (χ2v) is 4.77. The predicted octanol–water partition coefficient (Wildman–Crippen LogP) is 0.165. The van der Waals surface area contributed by atoms with Gasteiger partial charge in [0.1, 0.15) is 5.82 Å². The zero-order valence-corrected chi connectivity index (χ0v) is 11.0. The van der Waals surface area contributed by atoms with Crippen LogP contribution in [0, 0.1) is 6.92 Å². The SMILES string of the molecule is CNC1CN(c2cc(-c3cn[nH]c3C)nc(N)n2)C1. The van der Waals surface area contributed by atoms with E-state index in [1.165, 1.54) is 0 Å². The number of rotatable bonds is 3. The Balaban J connectivity index is 1.91. The molecule has 0 atom stereocenters. The molecule has 0 aliphatic carbocycles. The Morgan fingerprint density at radius 2 is 2.21 bits per heavy atom. The van der Waals surface area contributed by atoms with Crippen molar-refractivity contribution < 1.29 is 0 Å². The minimum atomic E-state index is 0.293. The number of aromatic nitrogens is 4. The molecule has 0 amide bonds. The second-order valence-electron chi connectivity index (χ2n) is 4.77. The molecule has 0 radical (unpaired) electrons. The zero-order chi connectivity index (χ0) is 13.4. The number of nitrogen functional groups attached to an aromatic ring is 1. The number of hydrogen-bond donors (Lipinski definition) is 3. The number of nitrogens with two attached hydrogens (primary N) is 1. The number of nitrogens with zero attached hydrogens (tertiary/aromatic N) is 4. The first kappa shape index (κ1) is 11.9. The van der Waals surface area contributed by atoms with E-state index in [-0.39, 0.29) is 0 Å². The molecule has 19 heavy (non-hydrogen) atoms. The molecule has 1 saturated heterocycles. The topological polar surface area (TPSA) is 95.8 Å². The van der Waals surface area contributed by atoms with Crippen molar-refractivity contribution in [3.05, 3.63) is 18.0 Å². The minimum absolute atomic E-state index is 0.293. The zero-order valence-electron chi connectivity index (χ0n) is 11.0. The maximum absolute atomic E-state index is 5.80. The minimum Gasteiger partial charge on any atom is -0.368 e. The number of aromatic amines is 1. The molecule has 3 heterocycles. The highest BCUT2D eigenvalue weighted by Crippen LogP contribution is 2.26. The first-order chi connectivity index (χ1) is 9.17. The standard InChI is InChI=1S/C12H17N7/c1-7-9(4-15-18-7)10-3-11(17-12(13)16-10)19-5-8(6-19)14-2/h3-4,8,14H,5-6H2,1-2H3,(H,15,18)(H2,13,16,17). The summed E-state index contributed by atoms with van der Waals surface area (Å²) in [6, 6.07) is 2.48. The largest absolute Gasteiger partial charge is 0.368 e. The maximum Gasteiger partial charge on any atom is 0.222 e. The van der Waals surface area contributed by atoms with Crippen LogP contribution in [0.15, 0.2) is 12.3 Å². The van der Waals surface area contributed by atoms with Crippen LogP contribution in [-0.2, 0) is 0 Å². The van der Waals surface area contributed by atoms with Crippen molar-refractivity contribution >= 4 is 11.8 Å². The van der Waals surface area contributed by atoms with Gasteiger partial charge in [-0.25, -0.2) is 4.98 Å². The predicted molar refractivity (Wildman–Crippen MR) is 73.8 cm³/mol. The van der Waals surface area contributed by atoms with Gasteiger partial charge in [-0.05, 0) is 14.0 Å². The molecule has 0 saturated carbocycles. The lowest BCUT2D eigenvalue weighted by Gasteiger charge is -2.40. The van der Waals surface area contributed by atoms with E-state index in [9.17, 15) is 0 Å². The molecule has 2 aromatic rings. The Labute approximate surface area is 111 Å². The van der Waals surface area contributed by atoms with E-state index in [0.717, 1.165) is 35.9 Å². The summed E-state index contributed by atoms with van der Waals surface area (Å²) in [5.41, 5.74) is 8.54. The van der Waals surface area contributed by atoms with Crippen molar-refractivity contribution in [2.45, 2.75) is 13.0 Å². The van der Waals surface area contributed by atoms with Crippen LogP contribution < -0.4 is 16.0 Å². The van der Waals surface area contributed by atoms with E-state index in [4.69, 9.17) is 5.73 Å². The molecule has 7 nitrogen and oxygen atoms in total.